The van der Waals surface area contributed by atoms with Crippen LogP contribution in [0.1, 0.15) is 5.76 Å². The summed E-state index contributed by atoms with van der Waals surface area (Å²) in [6, 6.07) is 3.58. The first-order valence-corrected chi connectivity index (χ1v) is 4.78. The van der Waals surface area contributed by atoms with E-state index >= 15 is 0 Å². The molecule has 2 aromatic rings. The number of H-pyrrole nitrogens is 1. The van der Waals surface area contributed by atoms with Crippen LogP contribution in [0.2, 0.25) is 0 Å². The summed E-state index contributed by atoms with van der Waals surface area (Å²) in [5.74, 6) is 1.78. The number of nitrogens with one attached hydrogen (secondary N) is 1. The number of aryl methyl sites for hydroxylation is 1. The van der Waals surface area contributed by atoms with E-state index in [0.29, 0.717) is 16.1 Å². The van der Waals surface area contributed by atoms with Gasteiger partial charge >= 0.3 is 0 Å². The van der Waals surface area contributed by atoms with E-state index in [1.165, 1.54) is 6.20 Å². The van der Waals surface area contributed by atoms with Crippen LogP contribution < -0.4 is 5.56 Å². The van der Waals surface area contributed by atoms with Crippen LogP contribution >= 0.6 is 15.9 Å². The highest BCUT2D eigenvalue weighted by Gasteiger charge is 2.05. The fourth-order valence-corrected chi connectivity index (χ4v) is 1.27. The van der Waals surface area contributed by atoms with Gasteiger partial charge in [-0.25, -0.2) is 4.98 Å². The molecule has 2 heterocycles. The van der Waals surface area contributed by atoms with Crippen molar-refractivity contribution in [1.29, 1.82) is 0 Å². The monoisotopic (exact) mass is 254 g/mol. The first kappa shape index (κ1) is 9.21. The highest BCUT2D eigenvalue weighted by Crippen LogP contribution is 2.16. The lowest BCUT2D eigenvalue weighted by Crippen LogP contribution is -2.08. The Bertz CT molecular complexity index is 516. The largest absolute Gasteiger partial charge is 0.458 e. The molecule has 0 unspecified atom stereocenters. The fourth-order valence-electron chi connectivity index (χ4n) is 1.07. The van der Waals surface area contributed by atoms with Gasteiger partial charge in [-0.3, -0.25) is 4.79 Å². The predicted molar refractivity (Wildman–Crippen MR) is 55.0 cm³/mol. The topological polar surface area (TPSA) is 58.9 Å². The molecule has 2 rings (SSSR count). The Labute approximate surface area is 88.1 Å². The molecular formula is C9H7BrN2O2. The lowest BCUT2D eigenvalue weighted by Gasteiger charge is -1.95. The summed E-state index contributed by atoms with van der Waals surface area (Å²) >= 11 is 3.07. The minimum absolute atomic E-state index is 0.218. The van der Waals surface area contributed by atoms with Gasteiger partial charge in [0.05, 0.1) is 0 Å². The second kappa shape index (κ2) is 3.42. The summed E-state index contributed by atoms with van der Waals surface area (Å²) < 4.78 is 5.72. The van der Waals surface area contributed by atoms with Gasteiger partial charge in [0.25, 0.3) is 5.56 Å². The maximum absolute atomic E-state index is 11.2. The maximum Gasteiger partial charge on any atom is 0.265 e. The molecule has 0 aromatic carbocycles. The Kier molecular flexibility index (Phi) is 2.25. The average Bonchev–Trinajstić information content (AvgIpc) is 2.57. The van der Waals surface area contributed by atoms with Crippen molar-refractivity contribution in [2.75, 3.05) is 0 Å². The van der Waals surface area contributed by atoms with Crippen molar-refractivity contribution in [3.63, 3.8) is 0 Å². The van der Waals surface area contributed by atoms with Crippen molar-refractivity contribution in [3.05, 3.63) is 38.9 Å². The molecule has 0 aliphatic heterocycles. The third-order valence-corrected chi connectivity index (χ3v) is 2.29. The van der Waals surface area contributed by atoms with Crippen LogP contribution in [0.3, 0.4) is 0 Å². The predicted octanol–water partition coefficient (Wildman–Crippen LogP) is 2.10. The highest BCUT2D eigenvalue weighted by molar-refractivity contribution is 9.10. The number of aromatic amines is 1. The summed E-state index contributed by atoms with van der Waals surface area (Å²) in [5, 5.41) is 0. The molecule has 5 heteroatoms. The van der Waals surface area contributed by atoms with Crippen LogP contribution in [-0.2, 0) is 0 Å². The first-order valence-electron chi connectivity index (χ1n) is 3.98. The number of hydrogen-bond acceptors (Lipinski definition) is 3. The van der Waals surface area contributed by atoms with Gasteiger partial charge in [-0.05, 0) is 35.0 Å². The van der Waals surface area contributed by atoms with Crippen LogP contribution in [0.4, 0.5) is 0 Å². The lowest BCUT2D eigenvalue weighted by atomic mass is 10.4. The SMILES string of the molecule is Cc1ccc(-c2ncc(Br)c(=O)[nH]2)o1. The molecule has 0 atom stereocenters. The molecule has 72 valence electrons. The fraction of sp³-hybridized carbons (Fsp3) is 0.111. The van der Waals surface area contributed by atoms with Crippen LogP contribution in [0, 0.1) is 6.92 Å². The van der Waals surface area contributed by atoms with Crippen molar-refractivity contribution in [2.24, 2.45) is 0 Å². The Morgan fingerprint density at radius 3 is 2.86 bits per heavy atom. The van der Waals surface area contributed by atoms with E-state index in [1.807, 2.05) is 13.0 Å². The number of halogens is 1. The van der Waals surface area contributed by atoms with Crippen LogP contribution in [0.25, 0.3) is 11.6 Å². The van der Waals surface area contributed by atoms with E-state index in [4.69, 9.17) is 4.42 Å². The second-order valence-corrected chi connectivity index (χ2v) is 3.67. The Balaban J connectivity index is 2.53. The standard InChI is InChI=1S/C9H7BrN2O2/c1-5-2-3-7(14-5)8-11-4-6(10)9(13)12-8/h2-4H,1H3,(H,11,12,13). The van der Waals surface area contributed by atoms with E-state index in [9.17, 15) is 4.79 Å². The molecule has 0 aliphatic carbocycles. The molecule has 0 fully saturated rings. The normalized spacial score (nSPS) is 10.4. The highest BCUT2D eigenvalue weighted by atomic mass is 79.9. The van der Waals surface area contributed by atoms with E-state index < -0.39 is 0 Å². The van der Waals surface area contributed by atoms with Gasteiger partial charge in [-0.2, -0.15) is 0 Å². The zero-order valence-electron chi connectivity index (χ0n) is 7.37. The summed E-state index contributed by atoms with van der Waals surface area (Å²) in [4.78, 5) is 17.9. The summed E-state index contributed by atoms with van der Waals surface area (Å²) in [6.07, 6.45) is 1.45. The molecule has 1 N–H and O–H groups in total. The zero-order chi connectivity index (χ0) is 10.1. The van der Waals surface area contributed by atoms with Gasteiger partial charge in [0, 0.05) is 6.20 Å². The zero-order valence-corrected chi connectivity index (χ0v) is 8.96. The van der Waals surface area contributed by atoms with Crippen molar-refractivity contribution >= 4 is 15.9 Å². The van der Waals surface area contributed by atoms with Gasteiger partial charge < -0.3 is 9.40 Å². The number of furan rings is 1. The molecular weight excluding hydrogens is 248 g/mol. The van der Waals surface area contributed by atoms with Crippen LogP contribution in [-0.4, -0.2) is 9.97 Å². The molecule has 0 radical (unpaired) electrons. The molecule has 0 aliphatic rings. The van der Waals surface area contributed by atoms with E-state index in [2.05, 4.69) is 25.9 Å². The van der Waals surface area contributed by atoms with E-state index in [0.717, 1.165) is 5.76 Å². The summed E-state index contributed by atoms with van der Waals surface area (Å²) in [5.41, 5.74) is -0.218. The molecule has 14 heavy (non-hydrogen) atoms. The van der Waals surface area contributed by atoms with Gasteiger partial charge in [0.15, 0.2) is 11.6 Å². The second-order valence-electron chi connectivity index (χ2n) is 2.82. The number of hydrogen-bond donors (Lipinski definition) is 1. The number of rotatable bonds is 1. The average molecular weight is 255 g/mol. The maximum atomic E-state index is 11.2. The smallest absolute Gasteiger partial charge is 0.265 e. The Hall–Kier alpha value is -1.36. The third-order valence-electron chi connectivity index (χ3n) is 1.73. The van der Waals surface area contributed by atoms with Gasteiger partial charge in [0.1, 0.15) is 10.2 Å². The number of nitrogens with zero attached hydrogens (tertiary/aromatic N) is 1. The lowest BCUT2D eigenvalue weighted by molar-refractivity contribution is 0.543. The third kappa shape index (κ3) is 1.63. The number of aromatic nitrogens is 2. The van der Waals surface area contributed by atoms with Crippen molar-refractivity contribution in [2.45, 2.75) is 6.92 Å². The van der Waals surface area contributed by atoms with Gasteiger partial charge in [-0.15, -0.1) is 0 Å². The van der Waals surface area contributed by atoms with Crippen LogP contribution in [0.5, 0.6) is 0 Å². The molecule has 0 spiro atoms. The molecule has 0 amide bonds. The minimum Gasteiger partial charge on any atom is -0.458 e. The Morgan fingerprint density at radius 2 is 2.29 bits per heavy atom. The Morgan fingerprint density at radius 1 is 1.50 bits per heavy atom. The van der Waals surface area contributed by atoms with Crippen molar-refractivity contribution in [1.82, 2.24) is 9.97 Å². The quantitative estimate of drug-likeness (QED) is 0.848. The molecule has 4 nitrogen and oxygen atoms in total. The summed E-state index contributed by atoms with van der Waals surface area (Å²) in [7, 11) is 0. The van der Waals surface area contributed by atoms with E-state index in [1.54, 1.807) is 6.07 Å². The van der Waals surface area contributed by atoms with Crippen LogP contribution in [0.15, 0.2) is 32.0 Å². The molecule has 0 saturated heterocycles. The molecule has 2 aromatic heterocycles. The van der Waals surface area contributed by atoms with Crippen molar-refractivity contribution < 1.29 is 4.42 Å². The van der Waals surface area contributed by atoms with Gasteiger partial charge in [0.2, 0.25) is 0 Å². The molecule has 0 bridgehead atoms. The van der Waals surface area contributed by atoms with Crippen molar-refractivity contribution in [3.8, 4) is 11.6 Å². The molecule has 0 saturated carbocycles. The van der Waals surface area contributed by atoms with Gasteiger partial charge in [-0.1, -0.05) is 0 Å². The minimum atomic E-state index is -0.218. The first-order chi connectivity index (χ1) is 6.66. The van der Waals surface area contributed by atoms with E-state index in [-0.39, 0.29) is 5.56 Å². The summed E-state index contributed by atoms with van der Waals surface area (Å²) in [6.45, 7) is 1.83.